The SMILES string of the molecule is O=C(NC1=C(NC(=O)C2CCCCC2)C1NC(=O)C1CCCCC1)C1CCCCC1. The maximum absolute atomic E-state index is 12.8. The van der Waals surface area contributed by atoms with Crippen molar-refractivity contribution in [2.75, 3.05) is 0 Å². The van der Waals surface area contributed by atoms with Gasteiger partial charge in [0.05, 0.1) is 11.4 Å². The molecule has 3 saturated carbocycles. The van der Waals surface area contributed by atoms with E-state index in [-0.39, 0.29) is 41.5 Å². The summed E-state index contributed by atoms with van der Waals surface area (Å²) in [6, 6.07) is -0.334. The van der Waals surface area contributed by atoms with Crippen LogP contribution < -0.4 is 16.0 Å². The summed E-state index contributed by atoms with van der Waals surface area (Å²) in [5.41, 5.74) is 1.41. The molecule has 0 bridgehead atoms. The Labute approximate surface area is 180 Å². The second kappa shape index (κ2) is 9.97. The Morgan fingerprint density at radius 3 is 1.20 bits per heavy atom. The normalized spacial score (nSPS) is 24.4. The zero-order valence-electron chi connectivity index (χ0n) is 18.1. The lowest BCUT2D eigenvalue weighted by molar-refractivity contribution is -0.127. The van der Waals surface area contributed by atoms with E-state index < -0.39 is 0 Å². The van der Waals surface area contributed by atoms with Gasteiger partial charge in [-0.1, -0.05) is 57.8 Å². The lowest BCUT2D eigenvalue weighted by Gasteiger charge is -2.22. The largest absolute Gasteiger partial charge is 0.342 e. The summed E-state index contributed by atoms with van der Waals surface area (Å²) < 4.78 is 0. The molecule has 0 aromatic heterocycles. The Hall–Kier alpha value is -1.85. The molecule has 6 nitrogen and oxygen atoms in total. The van der Waals surface area contributed by atoms with E-state index in [1.165, 1.54) is 19.3 Å². The van der Waals surface area contributed by atoms with Gasteiger partial charge in [-0.2, -0.15) is 0 Å². The van der Waals surface area contributed by atoms with Crippen molar-refractivity contribution in [2.24, 2.45) is 17.8 Å². The average Bonchev–Trinajstić information content (AvgIpc) is 3.44. The Morgan fingerprint density at radius 1 is 0.500 bits per heavy atom. The molecule has 3 amide bonds. The highest BCUT2D eigenvalue weighted by atomic mass is 16.2. The van der Waals surface area contributed by atoms with E-state index in [1.807, 2.05) is 0 Å². The first kappa shape index (κ1) is 21.4. The van der Waals surface area contributed by atoms with Gasteiger partial charge in [-0.05, 0) is 38.5 Å². The second-order valence-corrected chi connectivity index (χ2v) is 9.75. The highest BCUT2D eigenvalue weighted by molar-refractivity contribution is 5.88. The minimum Gasteiger partial charge on any atom is -0.342 e. The monoisotopic (exact) mass is 415 g/mol. The highest BCUT2D eigenvalue weighted by Gasteiger charge is 2.43. The van der Waals surface area contributed by atoms with Gasteiger partial charge in [-0.3, -0.25) is 14.4 Å². The molecule has 0 heterocycles. The predicted octanol–water partition coefficient (Wildman–Crippen LogP) is 3.67. The van der Waals surface area contributed by atoms with Crippen molar-refractivity contribution >= 4 is 17.7 Å². The first-order valence-electron chi connectivity index (χ1n) is 12.3. The van der Waals surface area contributed by atoms with E-state index in [1.54, 1.807) is 0 Å². The summed E-state index contributed by atoms with van der Waals surface area (Å²) in [6.45, 7) is 0. The molecule has 30 heavy (non-hydrogen) atoms. The molecule has 4 rings (SSSR count). The minimum absolute atomic E-state index is 0.0449. The third kappa shape index (κ3) is 5.25. The van der Waals surface area contributed by atoms with E-state index >= 15 is 0 Å². The van der Waals surface area contributed by atoms with Gasteiger partial charge >= 0.3 is 0 Å². The van der Waals surface area contributed by atoms with Crippen LogP contribution in [0, 0.1) is 17.8 Å². The van der Waals surface area contributed by atoms with Crippen LogP contribution in [-0.4, -0.2) is 23.8 Å². The summed E-state index contributed by atoms with van der Waals surface area (Å²) >= 11 is 0. The maximum atomic E-state index is 12.8. The quantitative estimate of drug-likeness (QED) is 0.618. The lowest BCUT2D eigenvalue weighted by Crippen LogP contribution is -2.39. The molecular formula is C24H37N3O3. The summed E-state index contributed by atoms with van der Waals surface area (Å²) in [7, 11) is 0. The van der Waals surface area contributed by atoms with Gasteiger partial charge in [-0.15, -0.1) is 0 Å². The van der Waals surface area contributed by atoms with Gasteiger partial charge in [-0.25, -0.2) is 0 Å². The van der Waals surface area contributed by atoms with Crippen molar-refractivity contribution in [1.82, 2.24) is 16.0 Å². The molecule has 0 unspecified atom stereocenters. The molecule has 3 fully saturated rings. The number of hydrogen-bond donors (Lipinski definition) is 3. The van der Waals surface area contributed by atoms with Crippen LogP contribution in [0.15, 0.2) is 11.4 Å². The fourth-order valence-electron chi connectivity index (χ4n) is 5.47. The second-order valence-electron chi connectivity index (χ2n) is 9.75. The predicted molar refractivity (Wildman–Crippen MR) is 115 cm³/mol. The molecule has 4 aliphatic carbocycles. The molecule has 6 heteroatoms. The van der Waals surface area contributed by atoms with Gasteiger partial charge in [0.2, 0.25) is 17.7 Å². The van der Waals surface area contributed by atoms with Gasteiger partial charge in [0, 0.05) is 17.8 Å². The standard InChI is InChI=1S/C24H37N3O3/c28-22(16-10-4-1-5-11-16)25-19-20(26-23(29)17-12-6-2-7-13-17)21(19)27-24(30)18-14-8-3-9-15-18/h16-19H,1-15H2,(H,25,28)(H,26,29)(H,27,30). The van der Waals surface area contributed by atoms with Crippen molar-refractivity contribution in [2.45, 2.75) is 102 Å². The van der Waals surface area contributed by atoms with Crippen LogP contribution >= 0.6 is 0 Å². The first-order chi connectivity index (χ1) is 14.6. The van der Waals surface area contributed by atoms with E-state index in [4.69, 9.17) is 0 Å². The molecule has 0 aromatic carbocycles. The Bertz CT molecular complexity index is 642. The van der Waals surface area contributed by atoms with Crippen molar-refractivity contribution in [3.63, 3.8) is 0 Å². The number of carbonyl (C=O) groups is 3. The summed E-state index contributed by atoms with van der Waals surface area (Å²) in [4.78, 5) is 38.2. The Balaban J connectivity index is 1.37. The third-order valence-electron chi connectivity index (χ3n) is 7.51. The van der Waals surface area contributed by atoms with Crippen molar-refractivity contribution in [1.29, 1.82) is 0 Å². The van der Waals surface area contributed by atoms with Crippen molar-refractivity contribution in [3.8, 4) is 0 Å². The molecule has 0 atom stereocenters. The van der Waals surface area contributed by atoms with E-state index in [0.29, 0.717) is 11.4 Å². The Kier molecular flexibility index (Phi) is 7.11. The summed E-state index contributed by atoms with van der Waals surface area (Å²) in [5, 5.41) is 9.20. The van der Waals surface area contributed by atoms with E-state index in [2.05, 4.69) is 16.0 Å². The van der Waals surface area contributed by atoms with Crippen molar-refractivity contribution < 1.29 is 14.4 Å². The zero-order valence-corrected chi connectivity index (χ0v) is 18.1. The van der Waals surface area contributed by atoms with Crippen molar-refractivity contribution in [3.05, 3.63) is 11.4 Å². The van der Waals surface area contributed by atoms with Crippen LogP contribution in [0.5, 0.6) is 0 Å². The van der Waals surface area contributed by atoms with Gasteiger partial charge < -0.3 is 16.0 Å². The molecule has 3 N–H and O–H groups in total. The first-order valence-corrected chi connectivity index (χ1v) is 12.3. The molecule has 0 spiro atoms. The number of carbonyl (C=O) groups excluding carboxylic acids is 3. The molecular weight excluding hydrogens is 378 g/mol. The highest BCUT2D eigenvalue weighted by Crippen LogP contribution is 2.32. The number of amides is 3. The summed E-state index contributed by atoms with van der Waals surface area (Å²) in [6.07, 6.45) is 15.8. The fourth-order valence-corrected chi connectivity index (χ4v) is 5.47. The van der Waals surface area contributed by atoms with Crippen LogP contribution in [0.25, 0.3) is 0 Å². The van der Waals surface area contributed by atoms with Gasteiger partial charge in [0.25, 0.3) is 0 Å². The average molecular weight is 416 g/mol. The fraction of sp³-hybridized carbons (Fsp3) is 0.792. The van der Waals surface area contributed by atoms with E-state index in [9.17, 15) is 14.4 Å². The molecule has 166 valence electrons. The van der Waals surface area contributed by atoms with E-state index in [0.717, 1.165) is 77.0 Å². The number of rotatable bonds is 6. The lowest BCUT2D eigenvalue weighted by atomic mass is 9.88. The van der Waals surface area contributed by atoms with Crippen LogP contribution in [-0.2, 0) is 14.4 Å². The smallest absolute Gasteiger partial charge is 0.227 e. The minimum atomic E-state index is -0.334. The summed E-state index contributed by atoms with van der Waals surface area (Å²) in [5.74, 6) is 0.316. The number of hydrogen-bond acceptors (Lipinski definition) is 3. The molecule has 0 aliphatic heterocycles. The van der Waals surface area contributed by atoms with Crippen LogP contribution in [0.2, 0.25) is 0 Å². The third-order valence-corrected chi connectivity index (χ3v) is 7.51. The molecule has 0 radical (unpaired) electrons. The zero-order chi connectivity index (χ0) is 20.9. The van der Waals surface area contributed by atoms with Crippen LogP contribution in [0.4, 0.5) is 0 Å². The van der Waals surface area contributed by atoms with Crippen LogP contribution in [0.3, 0.4) is 0 Å². The van der Waals surface area contributed by atoms with Gasteiger partial charge in [0.1, 0.15) is 6.04 Å². The maximum Gasteiger partial charge on any atom is 0.227 e. The molecule has 4 aliphatic rings. The Morgan fingerprint density at radius 2 is 0.833 bits per heavy atom. The topological polar surface area (TPSA) is 87.3 Å². The molecule has 0 saturated heterocycles. The number of nitrogens with one attached hydrogen (secondary N) is 3. The molecule has 0 aromatic rings. The van der Waals surface area contributed by atoms with Gasteiger partial charge in [0.15, 0.2) is 0 Å². The van der Waals surface area contributed by atoms with Crippen LogP contribution in [0.1, 0.15) is 96.3 Å².